The highest BCUT2D eigenvalue weighted by Crippen LogP contribution is 2.20. The molecule has 2 heterocycles. The van der Waals surface area contributed by atoms with Crippen molar-refractivity contribution in [2.45, 2.75) is 39.0 Å². The van der Waals surface area contributed by atoms with Gasteiger partial charge in [-0.15, -0.1) is 0 Å². The van der Waals surface area contributed by atoms with Gasteiger partial charge in [0.1, 0.15) is 0 Å². The van der Waals surface area contributed by atoms with Crippen LogP contribution in [0.1, 0.15) is 20.8 Å². The zero-order valence-electron chi connectivity index (χ0n) is 9.57. The molecule has 0 spiro atoms. The van der Waals surface area contributed by atoms with Crippen LogP contribution >= 0.6 is 0 Å². The molecular formula is C11H22N2O. The SMILES string of the molecule is CCN1CC2CN(C(C)C)CC(C1)O2. The van der Waals surface area contributed by atoms with Gasteiger partial charge in [-0.2, -0.15) is 0 Å². The molecule has 0 aliphatic carbocycles. The number of rotatable bonds is 2. The highest BCUT2D eigenvalue weighted by atomic mass is 16.5. The molecule has 2 atom stereocenters. The Balaban J connectivity index is 1.95. The van der Waals surface area contributed by atoms with E-state index in [0.29, 0.717) is 18.2 Å². The second-order valence-electron chi connectivity index (χ2n) is 4.78. The Morgan fingerprint density at radius 3 is 2.14 bits per heavy atom. The molecule has 2 bridgehead atoms. The lowest BCUT2D eigenvalue weighted by molar-refractivity contribution is -0.143. The summed E-state index contributed by atoms with van der Waals surface area (Å²) >= 11 is 0. The molecule has 0 radical (unpaired) electrons. The van der Waals surface area contributed by atoms with Crippen molar-refractivity contribution in [2.75, 3.05) is 32.7 Å². The summed E-state index contributed by atoms with van der Waals surface area (Å²) in [5.41, 5.74) is 0. The number of hydrogen-bond acceptors (Lipinski definition) is 3. The number of fused-ring (bicyclic) bond motifs is 2. The number of morpholine rings is 2. The van der Waals surface area contributed by atoms with Crippen molar-refractivity contribution in [2.24, 2.45) is 0 Å². The van der Waals surface area contributed by atoms with Crippen molar-refractivity contribution in [1.82, 2.24) is 9.80 Å². The van der Waals surface area contributed by atoms with Gasteiger partial charge in [0.2, 0.25) is 0 Å². The number of hydrogen-bond donors (Lipinski definition) is 0. The lowest BCUT2D eigenvalue weighted by atomic mass is 10.1. The molecule has 2 aliphatic rings. The summed E-state index contributed by atoms with van der Waals surface area (Å²) < 4.78 is 5.95. The first-order valence-corrected chi connectivity index (χ1v) is 5.81. The standard InChI is InChI=1S/C11H22N2O/c1-4-12-5-10-7-13(9(2)3)8-11(6-12)14-10/h9-11H,4-8H2,1-3H3. The van der Waals surface area contributed by atoms with Crippen LogP contribution in [0.2, 0.25) is 0 Å². The van der Waals surface area contributed by atoms with Crippen LogP contribution in [0, 0.1) is 0 Å². The van der Waals surface area contributed by atoms with Gasteiger partial charge in [0.15, 0.2) is 0 Å². The topological polar surface area (TPSA) is 15.7 Å². The van der Waals surface area contributed by atoms with Crippen LogP contribution in [-0.4, -0.2) is 60.8 Å². The molecule has 0 saturated carbocycles. The van der Waals surface area contributed by atoms with Crippen LogP contribution in [0.15, 0.2) is 0 Å². The van der Waals surface area contributed by atoms with E-state index >= 15 is 0 Å². The quantitative estimate of drug-likeness (QED) is 0.653. The maximum absolute atomic E-state index is 5.95. The van der Waals surface area contributed by atoms with Crippen LogP contribution < -0.4 is 0 Å². The van der Waals surface area contributed by atoms with Crippen molar-refractivity contribution in [3.8, 4) is 0 Å². The fourth-order valence-electron chi connectivity index (χ4n) is 2.49. The number of nitrogens with zero attached hydrogens (tertiary/aromatic N) is 2. The minimum Gasteiger partial charge on any atom is -0.370 e. The van der Waals surface area contributed by atoms with E-state index < -0.39 is 0 Å². The first kappa shape index (κ1) is 10.4. The van der Waals surface area contributed by atoms with Crippen molar-refractivity contribution in [1.29, 1.82) is 0 Å². The van der Waals surface area contributed by atoms with Crippen molar-refractivity contribution in [3.05, 3.63) is 0 Å². The molecule has 0 aromatic carbocycles. The predicted molar refractivity (Wildman–Crippen MR) is 57.5 cm³/mol. The van der Waals surface area contributed by atoms with E-state index in [0.717, 1.165) is 32.7 Å². The van der Waals surface area contributed by atoms with Crippen molar-refractivity contribution in [3.63, 3.8) is 0 Å². The third-order valence-corrected chi connectivity index (χ3v) is 3.36. The lowest BCUT2D eigenvalue weighted by Crippen LogP contribution is -2.60. The van der Waals surface area contributed by atoms with Crippen LogP contribution in [0.4, 0.5) is 0 Å². The van der Waals surface area contributed by atoms with E-state index in [1.54, 1.807) is 0 Å². The highest BCUT2D eigenvalue weighted by molar-refractivity contribution is 4.87. The smallest absolute Gasteiger partial charge is 0.0833 e. The summed E-state index contributed by atoms with van der Waals surface area (Å²) in [7, 11) is 0. The van der Waals surface area contributed by atoms with E-state index in [1.807, 2.05) is 0 Å². The van der Waals surface area contributed by atoms with Crippen LogP contribution in [-0.2, 0) is 4.74 Å². The summed E-state index contributed by atoms with van der Waals surface area (Å²) in [6.45, 7) is 12.4. The van der Waals surface area contributed by atoms with Gasteiger partial charge in [0, 0.05) is 32.2 Å². The van der Waals surface area contributed by atoms with Crippen LogP contribution in [0.3, 0.4) is 0 Å². The van der Waals surface area contributed by atoms with Gasteiger partial charge in [0.05, 0.1) is 12.2 Å². The third-order valence-electron chi connectivity index (χ3n) is 3.36. The Hall–Kier alpha value is -0.120. The molecule has 14 heavy (non-hydrogen) atoms. The van der Waals surface area contributed by atoms with Gasteiger partial charge in [0.25, 0.3) is 0 Å². The van der Waals surface area contributed by atoms with Gasteiger partial charge >= 0.3 is 0 Å². The Morgan fingerprint density at radius 2 is 1.71 bits per heavy atom. The van der Waals surface area contributed by atoms with Gasteiger partial charge in [-0.25, -0.2) is 0 Å². The summed E-state index contributed by atoms with van der Waals surface area (Å²) in [5.74, 6) is 0. The third kappa shape index (κ3) is 2.10. The van der Waals surface area contributed by atoms with Gasteiger partial charge in [-0.05, 0) is 20.4 Å². The first-order valence-electron chi connectivity index (χ1n) is 5.81. The summed E-state index contributed by atoms with van der Waals surface area (Å²) in [6.07, 6.45) is 0.898. The van der Waals surface area contributed by atoms with Crippen LogP contribution in [0.5, 0.6) is 0 Å². The molecule has 3 nitrogen and oxygen atoms in total. The Bertz CT molecular complexity index is 182. The Labute approximate surface area is 87.0 Å². The molecule has 2 aliphatic heterocycles. The molecule has 0 aromatic heterocycles. The average Bonchev–Trinajstić information content (AvgIpc) is 2.16. The van der Waals surface area contributed by atoms with E-state index in [9.17, 15) is 0 Å². The Morgan fingerprint density at radius 1 is 1.14 bits per heavy atom. The van der Waals surface area contributed by atoms with Gasteiger partial charge in [-0.1, -0.05) is 6.92 Å². The second kappa shape index (κ2) is 4.17. The Kier molecular flexibility index (Phi) is 3.10. The zero-order valence-corrected chi connectivity index (χ0v) is 9.57. The summed E-state index contributed by atoms with van der Waals surface area (Å²) in [4.78, 5) is 5.06. The van der Waals surface area contributed by atoms with E-state index in [4.69, 9.17) is 4.74 Å². The molecule has 0 aromatic rings. The molecule has 0 N–H and O–H groups in total. The number of ether oxygens (including phenoxy) is 1. The molecule has 3 heteroatoms. The second-order valence-corrected chi connectivity index (χ2v) is 4.78. The van der Waals surface area contributed by atoms with Gasteiger partial charge in [-0.3, -0.25) is 9.80 Å². The van der Waals surface area contributed by atoms with E-state index in [1.165, 1.54) is 0 Å². The molecule has 2 rings (SSSR count). The summed E-state index contributed by atoms with van der Waals surface area (Å²) in [6, 6.07) is 0.664. The monoisotopic (exact) mass is 198 g/mol. The molecule has 2 fully saturated rings. The minimum atomic E-state index is 0.449. The van der Waals surface area contributed by atoms with Crippen LogP contribution in [0.25, 0.3) is 0 Å². The lowest BCUT2D eigenvalue weighted by Gasteiger charge is -2.46. The van der Waals surface area contributed by atoms with Gasteiger partial charge < -0.3 is 4.74 Å². The fraction of sp³-hybridized carbons (Fsp3) is 1.00. The fourth-order valence-corrected chi connectivity index (χ4v) is 2.49. The maximum Gasteiger partial charge on any atom is 0.0833 e. The van der Waals surface area contributed by atoms with Crippen molar-refractivity contribution < 1.29 is 4.74 Å². The average molecular weight is 198 g/mol. The number of likely N-dealkylation sites (N-methyl/N-ethyl adjacent to an activating group) is 1. The molecule has 2 unspecified atom stereocenters. The van der Waals surface area contributed by atoms with E-state index in [-0.39, 0.29) is 0 Å². The molecule has 2 saturated heterocycles. The summed E-state index contributed by atoms with van der Waals surface area (Å²) in [5, 5.41) is 0. The zero-order chi connectivity index (χ0) is 10.1. The first-order chi connectivity index (χ1) is 6.69. The molecular weight excluding hydrogens is 176 g/mol. The molecule has 0 amide bonds. The van der Waals surface area contributed by atoms with Crippen molar-refractivity contribution >= 4 is 0 Å². The normalized spacial score (nSPS) is 35.1. The van der Waals surface area contributed by atoms with E-state index in [2.05, 4.69) is 30.6 Å². The largest absolute Gasteiger partial charge is 0.370 e. The minimum absolute atomic E-state index is 0.449. The maximum atomic E-state index is 5.95. The molecule has 82 valence electrons. The predicted octanol–water partition coefficient (Wildman–Crippen LogP) is 0.800. The highest BCUT2D eigenvalue weighted by Gasteiger charge is 2.34.